The van der Waals surface area contributed by atoms with Crippen LogP contribution in [0.2, 0.25) is 0 Å². The molecule has 15 nitrogen and oxygen atoms in total. The fourth-order valence-electron chi connectivity index (χ4n) is 4.13. The number of H-pyrrole nitrogens is 2. The van der Waals surface area contributed by atoms with Crippen LogP contribution in [0.1, 0.15) is 39.0 Å². The van der Waals surface area contributed by atoms with E-state index < -0.39 is 0 Å². The summed E-state index contributed by atoms with van der Waals surface area (Å²) in [7, 11) is 0. The van der Waals surface area contributed by atoms with Crippen molar-refractivity contribution in [3.63, 3.8) is 0 Å². The molecule has 4 aromatic rings. The first-order chi connectivity index (χ1) is 22.2. The van der Waals surface area contributed by atoms with Gasteiger partial charge in [0, 0.05) is 78.2 Å². The monoisotopic (exact) mass is 675 g/mol. The zero-order chi connectivity index (χ0) is 33.6. The largest absolute Gasteiger partial charge is 0.506 e. The maximum Gasteiger partial charge on any atom is 0.414 e. The van der Waals surface area contributed by atoms with Gasteiger partial charge in [-0.2, -0.15) is 0 Å². The summed E-state index contributed by atoms with van der Waals surface area (Å²) < 4.78 is 0. The van der Waals surface area contributed by atoms with Crippen molar-refractivity contribution >= 4 is 46.2 Å². The Hall–Kier alpha value is -6.20. The summed E-state index contributed by atoms with van der Waals surface area (Å²) in [6.45, 7) is 25.3. The van der Waals surface area contributed by atoms with E-state index in [4.69, 9.17) is 23.7 Å². The van der Waals surface area contributed by atoms with Crippen molar-refractivity contribution in [1.29, 1.82) is 10.5 Å². The molecule has 2 aromatic heterocycles. The molecule has 0 aliphatic heterocycles. The third-order valence-electron chi connectivity index (χ3n) is 6.52. The van der Waals surface area contributed by atoms with E-state index in [2.05, 4.69) is 61.0 Å². The number of rotatable bonds is 10. The molecule has 0 spiro atoms. The summed E-state index contributed by atoms with van der Waals surface area (Å²) in [4.78, 5) is 19.5. The summed E-state index contributed by atoms with van der Waals surface area (Å²) in [6, 6.07) is 16.6. The Morgan fingerprint density at radius 2 is 1.34 bits per heavy atom. The number of phenolic OH excluding ortho intramolecular Hbond substituents is 2. The smallest absolute Gasteiger partial charge is 0.414 e. The van der Waals surface area contributed by atoms with Gasteiger partial charge in [0.25, 0.3) is 11.6 Å². The minimum Gasteiger partial charge on any atom is -0.506 e. The number of benzene rings is 2. The van der Waals surface area contributed by atoms with Gasteiger partial charge < -0.3 is 34.7 Å². The minimum atomic E-state index is -0.0462. The molecule has 241 valence electrons. The van der Waals surface area contributed by atoms with Crippen LogP contribution in [0.5, 0.6) is 11.5 Å². The van der Waals surface area contributed by atoms with E-state index in [9.17, 15) is 10.2 Å². The molecule has 4 N–H and O–H groups in total. The predicted octanol–water partition coefficient (Wildman–Crippen LogP) is 8.00. The molecule has 0 saturated heterocycles. The van der Waals surface area contributed by atoms with Crippen LogP contribution in [0.4, 0.5) is 46.2 Å². The Balaban J connectivity index is 0.000000320. The van der Waals surface area contributed by atoms with Crippen molar-refractivity contribution in [2.24, 2.45) is 20.5 Å². The number of hydrogen-bond acceptors (Lipinski definition) is 11. The van der Waals surface area contributed by atoms with Crippen molar-refractivity contribution in [2.75, 3.05) is 36.0 Å². The van der Waals surface area contributed by atoms with Crippen LogP contribution in [-0.4, -0.2) is 51.3 Å². The molecule has 2 heterocycles. The summed E-state index contributed by atoms with van der Waals surface area (Å²) in [5.41, 5.74) is 2.54. The van der Waals surface area contributed by atoms with E-state index in [1.165, 1.54) is 0 Å². The number of nitriles is 2. The molecule has 0 aliphatic carbocycles. The third-order valence-corrected chi connectivity index (χ3v) is 6.52. The molecular formula is C31H30CoN13O2-. The normalized spacial score (nSPS) is 10.2. The van der Waals surface area contributed by atoms with Gasteiger partial charge in [-0.25, -0.2) is 5.26 Å². The Kier molecular flexibility index (Phi) is 14.1. The standard InChI is InChI=1S/C16H15N6O.C15H15N7O.Co/c1-3-22(4-2)12-5-6-13(15(23)8-12)20-21-16-7-11(9-17)14(10-18)19-16;1-5-22(6-2)10-7-8-11(12(23)9-10)20-21-15-18-13(16-3)14(17-4)19-15;/h5-6,8,19,23H,3-4H2,1-2H3;7-9,23H,5-6H2,1-2H3,(H,18,19);/q-1;;. The van der Waals surface area contributed by atoms with E-state index in [-0.39, 0.29) is 68.6 Å². The van der Waals surface area contributed by atoms with Crippen molar-refractivity contribution in [3.8, 4) is 23.6 Å². The van der Waals surface area contributed by atoms with Gasteiger partial charge in [0.15, 0.2) is 0 Å². The average Bonchev–Trinajstić information content (AvgIpc) is 3.68. The predicted molar refractivity (Wildman–Crippen MR) is 172 cm³/mol. The van der Waals surface area contributed by atoms with Gasteiger partial charge in [0.05, 0.1) is 5.82 Å². The molecule has 0 saturated carbocycles. The van der Waals surface area contributed by atoms with Gasteiger partial charge in [-0.15, -0.1) is 21.4 Å². The molecule has 0 amide bonds. The first-order valence-electron chi connectivity index (χ1n) is 14.0. The molecule has 4 rings (SSSR count). The fourth-order valence-corrected chi connectivity index (χ4v) is 4.13. The van der Waals surface area contributed by atoms with Gasteiger partial charge in [-0.3, -0.25) is 10.2 Å². The fraction of sp³-hybridized carbons (Fsp3) is 0.258. The van der Waals surface area contributed by atoms with Crippen LogP contribution in [0, 0.1) is 41.9 Å². The Labute approximate surface area is 282 Å². The molecule has 0 aliphatic rings. The van der Waals surface area contributed by atoms with E-state index in [1.807, 2.05) is 52.0 Å². The Morgan fingerprint density at radius 1 is 0.809 bits per heavy atom. The molecule has 0 bridgehead atoms. The zero-order valence-electron chi connectivity index (χ0n) is 25.9. The van der Waals surface area contributed by atoms with E-state index in [1.54, 1.807) is 24.3 Å². The second-order valence-corrected chi connectivity index (χ2v) is 9.12. The SMILES string of the molecule is CCN(CC)c1ccc(N=Nc2[c-]c(C#N)c(C#N)[nH]2)c(O)c1.[C-]#[N+]c1nc(N=Nc2ccc(N(CC)CC)cc2O)[nH]c1[N+]#[C-].[Co]. The summed E-state index contributed by atoms with van der Waals surface area (Å²) in [5.74, 6) is 0.191. The number of anilines is 2. The van der Waals surface area contributed by atoms with Gasteiger partial charge in [0.1, 0.15) is 22.9 Å². The van der Waals surface area contributed by atoms with Gasteiger partial charge in [0.2, 0.25) is 0 Å². The molecule has 0 fully saturated rings. The quantitative estimate of drug-likeness (QED) is 0.0964. The number of hydrogen-bond donors (Lipinski definition) is 4. The molecular weight excluding hydrogens is 645 g/mol. The van der Waals surface area contributed by atoms with Crippen molar-refractivity contribution in [1.82, 2.24) is 15.0 Å². The first kappa shape index (κ1) is 37.0. The second-order valence-electron chi connectivity index (χ2n) is 9.12. The number of nitrogens with zero attached hydrogens (tertiary/aromatic N) is 11. The van der Waals surface area contributed by atoms with Crippen LogP contribution in [0.3, 0.4) is 0 Å². The van der Waals surface area contributed by atoms with E-state index in [0.717, 1.165) is 37.6 Å². The number of phenols is 2. The van der Waals surface area contributed by atoms with Crippen LogP contribution >= 0.6 is 0 Å². The van der Waals surface area contributed by atoms with Gasteiger partial charge in [-0.05, 0) is 52.0 Å². The second kappa shape index (κ2) is 17.9. The molecule has 16 heteroatoms. The van der Waals surface area contributed by atoms with Crippen LogP contribution in [0.25, 0.3) is 9.69 Å². The molecule has 2 aromatic carbocycles. The van der Waals surface area contributed by atoms with Crippen LogP contribution in [-0.2, 0) is 16.8 Å². The molecule has 47 heavy (non-hydrogen) atoms. The van der Waals surface area contributed by atoms with E-state index in [0.29, 0.717) is 5.69 Å². The number of azo groups is 2. The van der Waals surface area contributed by atoms with Crippen molar-refractivity contribution in [2.45, 2.75) is 27.7 Å². The number of aromatic hydroxyl groups is 2. The molecule has 1 radical (unpaired) electrons. The topological polar surface area (TPSA) is 197 Å². The summed E-state index contributed by atoms with van der Waals surface area (Å²) in [5, 5.41) is 53.3. The van der Waals surface area contributed by atoms with Crippen LogP contribution in [0.15, 0.2) is 56.9 Å². The van der Waals surface area contributed by atoms with Crippen molar-refractivity contribution in [3.05, 3.63) is 76.6 Å². The summed E-state index contributed by atoms with van der Waals surface area (Å²) in [6.07, 6.45) is 0. The van der Waals surface area contributed by atoms with Gasteiger partial charge >= 0.3 is 5.95 Å². The Morgan fingerprint density at radius 3 is 1.72 bits per heavy atom. The van der Waals surface area contributed by atoms with Crippen LogP contribution < -0.4 is 9.80 Å². The minimum absolute atomic E-state index is 0. The number of imidazole rings is 1. The maximum atomic E-state index is 10.1. The third kappa shape index (κ3) is 9.39. The zero-order valence-corrected chi connectivity index (χ0v) is 27.0. The Bertz CT molecular complexity index is 1690. The maximum absolute atomic E-state index is 10.1. The number of aromatic nitrogens is 3. The summed E-state index contributed by atoms with van der Waals surface area (Å²) >= 11 is 0. The first-order valence-corrected chi connectivity index (χ1v) is 14.0. The average molecular weight is 676 g/mol. The van der Waals surface area contributed by atoms with E-state index >= 15 is 0 Å². The number of nitrogens with one attached hydrogen (secondary N) is 2. The van der Waals surface area contributed by atoms with Gasteiger partial charge in [-0.1, -0.05) is 34.9 Å². The number of aromatic amines is 2. The van der Waals surface area contributed by atoms with Crippen molar-refractivity contribution < 1.29 is 27.0 Å². The molecule has 0 atom stereocenters. The molecule has 0 unspecified atom stereocenters.